The molecule has 1 saturated carbocycles. The van der Waals surface area contributed by atoms with Gasteiger partial charge in [0.05, 0.1) is 55.2 Å². The number of nitrogens with zero attached hydrogens (tertiary/aromatic N) is 4. The van der Waals surface area contributed by atoms with E-state index in [2.05, 4.69) is 46.0 Å². The first-order chi connectivity index (χ1) is 24.1. The van der Waals surface area contributed by atoms with Gasteiger partial charge in [0.2, 0.25) is 5.95 Å². The molecule has 0 radical (unpaired) electrons. The van der Waals surface area contributed by atoms with Crippen LogP contribution >= 0.6 is 11.6 Å². The van der Waals surface area contributed by atoms with Crippen molar-refractivity contribution in [3.63, 3.8) is 0 Å². The zero-order chi connectivity index (χ0) is 35.7. The number of hydrogen-bond acceptors (Lipinski definition) is 9. The van der Waals surface area contributed by atoms with E-state index in [1.54, 1.807) is 13.3 Å². The molecule has 0 saturated heterocycles. The van der Waals surface area contributed by atoms with Crippen molar-refractivity contribution in [1.82, 2.24) is 24.8 Å². The molecule has 3 N–H and O–H groups in total. The van der Waals surface area contributed by atoms with Crippen molar-refractivity contribution in [3.05, 3.63) is 69.8 Å². The number of carbonyl (C=O) groups is 1. The standard InChI is InChI=1S/C39H49ClN6O4/c1-26(2)19-39(24-47,25-50-31-12-8-9-13-31)43-21-29-14-16-32(17-15-29)49-18-10-6-7-11-30-22-46(37-34(30)36(40)44-38(41)45-37)23-33-28(4)35(48-5)27(3)20-42-33/h14-17,20,22,24,26,31,43H,6,8-10,12-13,18-19,21,23,25H2,1-5H3,(H2,41,44,45). The van der Waals surface area contributed by atoms with Gasteiger partial charge in [-0.05, 0) is 63.1 Å². The summed E-state index contributed by atoms with van der Waals surface area (Å²) < 4.78 is 19.7. The summed E-state index contributed by atoms with van der Waals surface area (Å²) in [6, 6.07) is 7.99. The van der Waals surface area contributed by atoms with Crippen LogP contribution in [0.1, 0.15) is 86.7 Å². The number of anilines is 1. The van der Waals surface area contributed by atoms with E-state index in [1.807, 2.05) is 48.9 Å². The first-order valence-corrected chi connectivity index (χ1v) is 17.8. The van der Waals surface area contributed by atoms with Crippen LogP contribution < -0.4 is 20.5 Å². The molecule has 11 heteroatoms. The monoisotopic (exact) mass is 700 g/mol. The SMILES string of the molecule is COc1c(C)cnc(Cn2cc(C#CCCCOc3ccc(CNC(C=O)(COC4CCCC4)CC(C)C)cc3)c3c(Cl)nc(N)nc32)c1C. The summed E-state index contributed by atoms with van der Waals surface area (Å²) in [4.78, 5) is 25.6. The zero-order valence-electron chi connectivity index (χ0n) is 29.9. The minimum absolute atomic E-state index is 0.0957. The highest BCUT2D eigenvalue weighted by Crippen LogP contribution is 2.30. The van der Waals surface area contributed by atoms with Crippen LogP contribution in [0.3, 0.4) is 0 Å². The van der Waals surface area contributed by atoms with E-state index in [9.17, 15) is 4.79 Å². The summed E-state index contributed by atoms with van der Waals surface area (Å²) in [5.74, 6) is 8.57. The van der Waals surface area contributed by atoms with E-state index >= 15 is 0 Å². The van der Waals surface area contributed by atoms with Crippen LogP contribution in [0.5, 0.6) is 11.5 Å². The number of nitrogens with two attached hydrogens (primary N) is 1. The van der Waals surface area contributed by atoms with E-state index < -0.39 is 5.54 Å². The van der Waals surface area contributed by atoms with Crippen LogP contribution in [0.4, 0.5) is 5.95 Å². The van der Waals surface area contributed by atoms with Crippen LogP contribution in [0, 0.1) is 31.6 Å². The van der Waals surface area contributed by atoms with Crippen molar-refractivity contribution in [2.45, 2.75) is 97.4 Å². The Hall–Kier alpha value is -4.17. The van der Waals surface area contributed by atoms with Gasteiger partial charge in [-0.15, -0.1) is 0 Å². The largest absolute Gasteiger partial charge is 0.496 e. The number of pyridine rings is 1. The Kier molecular flexibility index (Phi) is 12.7. The van der Waals surface area contributed by atoms with Crippen LogP contribution in [0.15, 0.2) is 36.7 Å². The number of ether oxygens (including phenoxy) is 3. The van der Waals surface area contributed by atoms with Gasteiger partial charge in [-0.1, -0.05) is 62.3 Å². The second kappa shape index (κ2) is 17.2. The molecule has 0 spiro atoms. The summed E-state index contributed by atoms with van der Waals surface area (Å²) in [6.07, 6.45) is 11.7. The number of carbonyl (C=O) groups excluding carboxylic acids is 1. The van der Waals surface area contributed by atoms with E-state index in [0.717, 1.165) is 71.4 Å². The van der Waals surface area contributed by atoms with Crippen LogP contribution in [-0.2, 0) is 22.6 Å². The lowest BCUT2D eigenvalue weighted by molar-refractivity contribution is -0.118. The van der Waals surface area contributed by atoms with E-state index in [-0.39, 0.29) is 17.2 Å². The number of halogens is 1. The van der Waals surface area contributed by atoms with E-state index in [4.69, 9.17) is 31.5 Å². The highest BCUT2D eigenvalue weighted by atomic mass is 35.5. The van der Waals surface area contributed by atoms with Gasteiger partial charge in [0.15, 0.2) is 0 Å². The summed E-state index contributed by atoms with van der Waals surface area (Å²) in [6.45, 7) is 10.2. The van der Waals surface area contributed by atoms with Gasteiger partial charge in [0.1, 0.15) is 28.6 Å². The molecule has 3 heterocycles. The van der Waals surface area contributed by atoms with Crippen molar-refractivity contribution in [2.24, 2.45) is 5.92 Å². The normalized spacial score (nSPS) is 14.5. The molecule has 5 rings (SSSR count). The Morgan fingerprint density at radius 3 is 2.64 bits per heavy atom. The Labute approximate surface area is 300 Å². The first kappa shape index (κ1) is 37.1. The smallest absolute Gasteiger partial charge is 0.223 e. The van der Waals surface area contributed by atoms with Crippen molar-refractivity contribution < 1.29 is 19.0 Å². The molecule has 1 atom stereocenters. The topological polar surface area (TPSA) is 126 Å². The fourth-order valence-corrected chi connectivity index (χ4v) is 6.89. The first-order valence-electron chi connectivity index (χ1n) is 17.5. The molecule has 10 nitrogen and oxygen atoms in total. The van der Waals surface area contributed by atoms with Gasteiger partial charge < -0.3 is 29.3 Å². The fraction of sp³-hybridized carbons (Fsp3) is 0.487. The van der Waals surface area contributed by atoms with Gasteiger partial charge in [0.25, 0.3) is 0 Å². The molecule has 1 aliphatic carbocycles. The predicted molar refractivity (Wildman–Crippen MR) is 198 cm³/mol. The third-order valence-corrected chi connectivity index (χ3v) is 9.42. The maximum Gasteiger partial charge on any atom is 0.223 e. The lowest BCUT2D eigenvalue weighted by Gasteiger charge is -2.32. The fourth-order valence-electron chi connectivity index (χ4n) is 6.61. The maximum absolute atomic E-state index is 12.3. The number of nitrogens with one attached hydrogen (secondary N) is 1. The molecular weight excluding hydrogens is 652 g/mol. The number of aromatic nitrogens is 4. The summed E-state index contributed by atoms with van der Waals surface area (Å²) in [7, 11) is 1.66. The number of hydrogen-bond donors (Lipinski definition) is 2. The number of benzene rings is 1. The second-order valence-electron chi connectivity index (χ2n) is 13.6. The van der Waals surface area contributed by atoms with Crippen molar-refractivity contribution in [2.75, 3.05) is 26.1 Å². The Bertz CT molecular complexity index is 1820. The van der Waals surface area contributed by atoms with Crippen LogP contribution in [0.2, 0.25) is 5.15 Å². The number of aldehydes is 1. The summed E-state index contributed by atoms with van der Waals surface area (Å²) in [5, 5.41) is 4.43. The third kappa shape index (κ3) is 9.33. The molecule has 4 aromatic rings. The van der Waals surface area contributed by atoms with Crippen molar-refractivity contribution in [1.29, 1.82) is 0 Å². The Morgan fingerprint density at radius 2 is 1.94 bits per heavy atom. The van der Waals surface area contributed by atoms with E-state index in [1.165, 1.54) is 12.8 Å². The third-order valence-electron chi connectivity index (χ3n) is 9.14. The molecule has 1 aliphatic rings. The van der Waals surface area contributed by atoms with Gasteiger partial charge in [0, 0.05) is 36.5 Å². The van der Waals surface area contributed by atoms with Gasteiger partial charge in [-0.2, -0.15) is 4.98 Å². The van der Waals surface area contributed by atoms with Crippen LogP contribution in [0.25, 0.3) is 11.0 Å². The minimum atomic E-state index is -0.695. The lowest BCUT2D eigenvalue weighted by atomic mass is 9.90. The molecule has 3 aromatic heterocycles. The average molecular weight is 701 g/mol. The molecule has 1 aromatic carbocycles. The molecule has 1 fully saturated rings. The molecule has 0 aliphatic heterocycles. The number of unbranched alkanes of at least 4 members (excludes halogenated alkanes) is 1. The number of nitrogen functional groups attached to an aromatic ring is 1. The summed E-state index contributed by atoms with van der Waals surface area (Å²) in [5.41, 5.74) is 10.5. The molecule has 1 unspecified atom stereocenters. The number of aryl methyl sites for hydroxylation is 1. The zero-order valence-corrected chi connectivity index (χ0v) is 30.6. The van der Waals surface area contributed by atoms with Gasteiger partial charge >= 0.3 is 0 Å². The van der Waals surface area contributed by atoms with E-state index in [0.29, 0.717) is 49.7 Å². The molecule has 0 amide bonds. The molecule has 50 heavy (non-hydrogen) atoms. The van der Waals surface area contributed by atoms with Crippen molar-refractivity contribution >= 4 is 34.9 Å². The second-order valence-corrected chi connectivity index (χ2v) is 14.0. The van der Waals surface area contributed by atoms with Crippen LogP contribution in [-0.4, -0.2) is 57.8 Å². The quantitative estimate of drug-likeness (QED) is 0.0551. The summed E-state index contributed by atoms with van der Waals surface area (Å²) >= 11 is 6.54. The van der Waals surface area contributed by atoms with Gasteiger partial charge in [-0.25, -0.2) is 4.98 Å². The van der Waals surface area contributed by atoms with Crippen molar-refractivity contribution in [3.8, 4) is 23.3 Å². The number of fused-ring (bicyclic) bond motifs is 1. The highest BCUT2D eigenvalue weighted by molar-refractivity contribution is 6.34. The maximum atomic E-state index is 12.3. The molecule has 0 bridgehead atoms. The molecule has 266 valence electrons. The number of rotatable bonds is 16. The highest BCUT2D eigenvalue weighted by Gasteiger charge is 2.32. The lowest BCUT2D eigenvalue weighted by Crippen LogP contribution is -2.51. The van der Waals surface area contributed by atoms with Gasteiger partial charge in [-0.3, -0.25) is 10.3 Å². The predicted octanol–water partition coefficient (Wildman–Crippen LogP) is 6.98. The minimum Gasteiger partial charge on any atom is -0.496 e. The number of methoxy groups -OCH3 is 1. The molecular formula is C39H49ClN6O4. The Balaban J connectivity index is 1.16. The average Bonchev–Trinajstić information content (AvgIpc) is 3.74. The Morgan fingerprint density at radius 1 is 1.18 bits per heavy atom.